The van der Waals surface area contributed by atoms with Gasteiger partial charge in [-0.3, -0.25) is 4.79 Å². The molecule has 0 aliphatic rings. The molecule has 0 saturated carbocycles. The lowest BCUT2D eigenvalue weighted by atomic mass is 10.1. The predicted molar refractivity (Wildman–Crippen MR) is 86.4 cm³/mol. The molecule has 0 aliphatic heterocycles. The summed E-state index contributed by atoms with van der Waals surface area (Å²) in [4.78, 5) is 11.9. The van der Waals surface area contributed by atoms with E-state index in [9.17, 15) is 4.79 Å². The fourth-order valence-electron chi connectivity index (χ4n) is 1.88. The standard InChI is InChI=1S/C16H15Cl2NO2/c1-21-15-8-2-11(10-14(15)18)3-9-16(20)19-13-6-4-12(17)5-7-13/h2,4-8,10H,3,9H2,1H3,(H,19,20). The first-order chi connectivity index (χ1) is 10.1. The lowest BCUT2D eigenvalue weighted by Crippen LogP contribution is -2.12. The predicted octanol–water partition coefficient (Wildman–Crippen LogP) is 4.57. The molecule has 0 saturated heterocycles. The average Bonchev–Trinajstić information content (AvgIpc) is 2.48. The van der Waals surface area contributed by atoms with Gasteiger partial charge in [-0.25, -0.2) is 0 Å². The van der Waals surface area contributed by atoms with Crippen LogP contribution < -0.4 is 10.1 Å². The van der Waals surface area contributed by atoms with Crippen LogP contribution in [-0.4, -0.2) is 13.0 Å². The third-order valence-electron chi connectivity index (χ3n) is 2.98. The van der Waals surface area contributed by atoms with Gasteiger partial charge in [0.05, 0.1) is 12.1 Å². The summed E-state index contributed by atoms with van der Waals surface area (Å²) in [5, 5.41) is 4.01. The van der Waals surface area contributed by atoms with Crippen molar-refractivity contribution in [1.29, 1.82) is 0 Å². The molecule has 1 N–H and O–H groups in total. The van der Waals surface area contributed by atoms with Crippen LogP contribution in [0, 0.1) is 0 Å². The molecule has 21 heavy (non-hydrogen) atoms. The molecule has 0 aromatic heterocycles. The van der Waals surface area contributed by atoms with E-state index in [4.69, 9.17) is 27.9 Å². The number of methoxy groups -OCH3 is 1. The van der Waals surface area contributed by atoms with Gasteiger partial charge in [0.25, 0.3) is 0 Å². The second-order valence-electron chi connectivity index (χ2n) is 4.52. The van der Waals surface area contributed by atoms with E-state index in [1.165, 1.54) is 0 Å². The molecule has 3 nitrogen and oxygen atoms in total. The molecule has 110 valence electrons. The molecule has 0 radical (unpaired) electrons. The molecule has 1 amide bonds. The molecule has 5 heteroatoms. The lowest BCUT2D eigenvalue weighted by molar-refractivity contribution is -0.116. The van der Waals surface area contributed by atoms with Crippen molar-refractivity contribution in [2.45, 2.75) is 12.8 Å². The molecule has 0 atom stereocenters. The van der Waals surface area contributed by atoms with Gasteiger partial charge in [-0.05, 0) is 48.4 Å². The Kier molecular flexibility index (Phi) is 5.48. The molecular formula is C16H15Cl2NO2. The third kappa shape index (κ3) is 4.66. The topological polar surface area (TPSA) is 38.3 Å². The maximum absolute atomic E-state index is 11.9. The number of ether oxygens (including phenoxy) is 1. The van der Waals surface area contributed by atoms with Crippen LogP contribution in [0.25, 0.3) is 0 Å². The number of carbonyl (C=O) groups excluding carboxylic acids is 1. The summed E-state index contributed by atoms with van der Waals surface area (Å²) in [5.41, 5.74) is 1.73. The van der Waals surface area contributed by atoms with Crippen LogP contribution in [0.4, 0.5) is 5.69 Å². The van der Waals surface area contributed by atoms with Crippen molar-refractivity contribution in [2.75, 3.05) is 12.4 Å². The van der Waals surface area contributed by atoms with Gasteiger partial charge in [-0.1, -0.05) is 29.3 Å². The first-order valence-electron chi connectivity index (χ1n) is 6.46. The molecular weight excluding hydrogens is 309 g/mol. The van der Waals surface area contributed by atoms with E-state index in [0.717, 1.165) is 11.3 Å². The van der Waals surface area contributed by atoms with E-state index in [2.05, 4.69) is 5.32 Å². The Hall–Kier alpha value is -1.71. The second kappa shape index (κ2) is 7.34. The van der Waals surface area contributed by atoms with Crippen molar-refractivity contribution in [1.82, 2.24) is 0 Å². The lowest BCUT2D eigenvalue weighted by Gasteiger charge is -2.07. The summed E-state index contributed by atoms with van der Waals surface area (Å²) in [5.74, 6) is 0.579. The summed E-state index contributed by atoms with van der Waals surface area (Å²) in [6.45, 7) is 0. The molecule has 0 heterocycles. The Morgan fingerprint density at radius 1 is 1.14 bits per heavy atom. The highest BCUT2D eigenvalue weighted by molar-refractivity contribution is 6.32. The third-order valence-corrected chi connectivity index (χ3v) is 3.53. The summed E-state index contributed by atoms with van der Waals surface area (Å²) in [6, 6.07) is 12.5. The number of amides is 1. The van der Waals surface area contributed by atoms with Crippen molar-refractivity contribution < 1.29 is 9.53 Å². The van der Waals surface area contributed by atoms with Crippen LogP contribution in [0.2, 0.25) is 10.0 Å². The second-order valence-corrected chi connectivity index (χ2v) is 5.37. The quantitative estimate of drug-likeness (QED) is 0.875. The largest absolute Gasteiger partial charge is 0.495 e. The normalized spacial score (nSPS) is 10.2. The van der Waals surface area contributed by atoms with E-state index in [0.29, 0.717) is 28.6 Å². The molecule has 0 aliphatic carbocycles. The van der Waals surface area contributed by atoms with Crippen LogP contribution in [-0.2, 0) is 11.2 Å². The smallest absolute Gasteiger partial charge is 0.224 e. The van der Waals surface area contributed by atoms with Crippen molar-refractivity contribution in [2.24, 2.45) is 0 Å². The van der Waals surface area contributed by atoms with E-state index < -0.39 is 0 Å². The van der Waals surface area contributed by atoms with Gasteiger partial charge in [-0.2, -0.15) is 0 Å². The van der Waals surface area contributed by atoms with Gasteiger partial charge in [0.15, 0.2) is 0 Å². The number of hydrogen-bond acceptors (Lipinski definition) is 2. The molecule has 2 rings (SSSR count). The molecule has 2 aromatic carbocycles. The minimum Gasteiger partial charge on any atom is -0.495 e. The Morgan fingerprint density at radius 2 is 1.86 bits per heavy atom. The van der Waals surface area contributed by atoms with Gasteiger partial charge in [0, 0.05) is 17.1 Å². The zero-order chi connectivity index (χ0) is 15.2. The highest BCUT2D eigenvalue weighted by Crippen LogP contribution is 2.25. The number of benzene rings is 2. The van der Waals surface area contributed by atoms with Crippen molar-refractivity contribution in [3.63, 3.8) is 0 Å². The van der Waals surface area contributed by atoms with Crippen LogP contribution >= 0.6 is 23.2 Å². The summed E-state index contributed by atoms with van der Waals surface area (Å²) in [7, 11) is 1.57. The Bertz CT molecular complexity index is 627. The van der Waals surface area contributed by atoms with E-state index >= 15 is 0 Å². The Morgan fingerprint density at radius 3 is 2.48 bits per heavy atom. The van der Waals surface area contributed by atoms with Gasteiger partial charge >= 0.3 is 0 Å². The zero-order valence-corrected chi connectivity index (χ0v) is 13.0. The SMILES string of the molecule is COc1ccc(CCC(=O)Nc2ccc(Cl)cc2)cc1Cl. The van der Waals surface area contributed by atoms with E-state index in [1.807, 2.05) is 12.1 Å². The maximum Gasteiger partial charge on any atom is 0.224 e. The minimum absolute atomic E-state index is 0.0516. The molecule has 0 fully saturated rings. The van der Waals surface area contributed by atoms with Crippen molar-refractivity contribution >= 4 is 34.8 Å². The summed E-state index contributed by atoms with van der Waals surface area (Å²) >= 11 is 11.8. The van der Waals surface area contributed by atoms with Crippen molar-refractivity contribution in [3.05, 3.63) is 58.1 Å². The van der Waals surface area contributed by atoms with Gasteiger partial charge in [0.2, 0.25) is 5.91 Å². The number of aryl methyl sites for hydroxylation is 1. The number of rotatable bonds is 5. The number of anilines is 1. The molecule has 0 unspecified atom stereocenters. The molecule has 0 spiro atoms. The van der Waals surface area contributed by atoms with Crippen LogP contribution in [0.3, 0.4) is 0 Å². The van der Waals surface area contributed by atoms with E-state index in [-0.39, 0.29) is 5.91 Å². The fourth-order valence-corrected chi connectivity index (χ4v) is 2.29. The highest BCUT2D eigenvalue weighted by Gasteiger charge is 2.06. The Labute approximate surface area is 133 Å². The van der Waals surface area contributed by atoms with Crippen molar-refractivity contribution in [3.8, 4) is 5.75 Å². The number of nitrogens with one attached hydrogen (secondary N) is 1. The maximum atomic E-state index is 11.9. The van der Waals surface area contributed by atoms with Gasteiger partial charge in [-0.15, -0.1) is 0 Å². The van der Waals surface area contributed by atoms with Gasteiger partial charge in [0.1, 0.15) is 5.75 Å². The Balaban J connectivity index is 1.89. The zero-order valence-electron chi connectivity index (χ0n) is 11.5. The first kappa shape index (κ1) is 15.7. The minimum atomic E-state index is -0.0516. The van der Waals surface area contributed by atoms with Crippen LogP contribution in [0.15, 0.2) is 42.5 Å². The summed E-state index contributed by atoms with van der Waals surface area (Å²) in [6.07, 6.45) is 0.994. The molecule has 2 aromatic rings. The van der Waals surface area contributed by atoms with Gasteiger partial charge < -0.3 is 10.1 Å². The van der Waals surface area contributed by atoms with Crippen LogP contribution in [0.1, 0.15) is 12.0 Å². The average molecular weight is 324 g/mol. The van der Waals surface area contributed by atoms with E-state index in [1.54, 1.807) is 37.4 Å². The number of hydrogen-bond donors (Lipinski definition) is 1. The highest BCUT2D eigenvalue weighted by atomic mass is 35.5. The first-order valence-corrected chi connectivity index (χ1v) is 7.22. The fraction of sp³-hybridized carbons (Fsp3) is 0.188. The summed E-state index contributed by atoms with van der Waals surface area (Å²) < 4.78 is 5.09. The van der Waals surface area contributed by atoms with Crippen LogP contribution in [0.5, 0.6) is 5.75 Å². The molecule has 0 bridgehead atoms. The monoisotopic (exact) mass is 323 g/mol. The number of halogens is 2. The number of carbonyl (C=O) groups is 1.